The highest BCUT2D eigenvalue weighted by Gasteiger charge is 2.22. The molecule has 33 heavy (non-hydrogen) atoms. The van der Waals surface area contributed by atoms with E-state index < -0.39 is 11.8 Å². The molecule has 0 saturated carbocycles. The maximum Gasteiger partial charge on any atom is 0.224 e. The van der Waals surface area contributed by atoms with Crippen LogP contribution in [-0.4, -0.2) is 35.6 Å². The van der Waals surface area contributed by atoms with Crippen LogP contribution in [0.4, 0.5) is 0 Å². The highest BCUT2D eigenvalue weighted by atomic mass is 16.1. The summed E-state index contributed by atoms with van der Waals surface area (Å²) in [6.07, 6.45) is 6.80. The summed E-state index contributed by atoms with van der Waals surface area (Å²) in [7, 11) is 1.88. The first-order chi connectivity index (χ1) is 16.0. The number of nitrogens with zero attached hydrogens (tertiary/aromatic N) is 6. The number of rotatable bonds is 5. The number of primary amides is 1. The van der Waals surface area contributed by atoms with E-state index in [1.54, 1.807) is 30.1 Å². The summed E-state index contributed by atoms with van der Waals surface area (Å²) in [5.74, 6) is -0.478. The van der Waals surface area contributed by atoms with E-state index in [4.69, 9.17) is 5.73 Å². The predicted molar refractivity (Wildman–Crippen MR) is 126 cm³/mol. The van der Waals surface area contributed by atoms with Crippen LogP contribution in [0.3, 0.4) is 0 Å². The first kappa shape index (κ1) is 20.4. The van der Waals surface area contributed by atoms with Crippen molar-refractivity contribution >= 4 is 16.8 Å². The Bertz CT molecular complexity index is 1460. The molecule has 5 rings (SSSR count). The number of hydrogen-bond acceptors (Lipinski definition) is 6. The topological polar surface area (TPSA) is 112 Å². The smallest absolute Gasteiger partial charge is 0.224 e. The molecule has 1 atom stereocenters. The van der Waals surface area contributed by atoms with Gasteiger partial charge in [0.05, 0.1) is 17.1 Å². The molecule has 8 heteroatoms. The van der Waals surface area contributed by atoms with Gasteiger partial charge in [-0.05, 0) is 30.7 Å². The number of nitrogens with two attached hydrogens (primary N) is 1. The molecule has 3 aromatic heterocycles. The molecule has 5 aromatic rings. The van der Waals surface area contributed by atoms with Gasteiger partial charge >= 0.3 is 0 Å². The van der Waals surface area contributed by atoms with E-state index in [9.17, 15) is 4.79 Å². The van der Waals surface area contributed by atoms with Crippen molar-refractivity contribution in [2.24, 2.45) is 12.8 Å². The van der Waals surface area contributed by atoms with Crippen molar-refractivity contribution < 1.29 is 4.79 Å². The molecule has 8 nitrogen and oxygen atoms in total. The number of fused-ring (bicyclic) bond motifs is 1. The maximum absolute atomic E-state index is 12.2. The molecule has 0 bridgehead atoms. The van der Waals surface area contributed by atoms with Crippen LogP contribution in [0.1, 0.15) is 18.4 Å². The molecule has 1 unspecified atom stereocenters. The van der Waals surface area contributed by atoms with E-state index in [-0.39, 0.29) is 0 Å². The first-order valence-electron chi connectivity index (χ1n) is 10.5. The molecule has 0 aliphatic heterocycles. The average Bonchev–Trinajstić information content (AvgIpc) is 3.24. The molecule has 0 saturated heterocycles. The molecule has 2 N–H and O–H groups in total. The lowest BCUT2D eigenvalue weighted by molar-refractivity contribution is -0.119. The Morgan fingerprint density at radius 2 is 1.70 bits per heavy atom. The van der Waals surface area contributed by atoms with Gasteiger partial charge in [0.1, 0.15) is 12.0 Å². The van der Waals surface area contributed by atoms with Gasteiger partial charge in [-0.15, -0.1) is 0 Å². The Labute approximate surface area is 190 Å². The van der Waals surface area contributed by atoms with Crippen LogP contribution in [-0.2, 0) is 11.8 Å². The summed E-state index contributed by atoms with van der Waals surface area (Å²) in [6, 6.07) is 15.5. The van der Waals surface area contributed by atoms with Crippen LogP contribution < -0.4 is 5.73 Å². The molecular weight excluding hydrogens is 414 g/mol. The largest absolute Gasteiger partial charge is 0.369 e. The minimum absolute atomic E-state index is 0.434. The molecule has 162 valence electrons. The number of benzene rings is 2. The molecule has 0 radical (unpaired) electrons. The van der Waals surface area contributed by atoms with Crippen molar-refractivity contribution in [2.75, 3.05) is 0 Å². The van der Waals surface area contributed by atoms with Crippen molar-refractivity contribution in [3.05, 3.63) is 79.0 Å². The monoisotopic (exact) mass is 435 g/mol. The van der Waals surface area contributed by atoms with Crippen molar-refractivity contribution in [3.8, 4) is 33.9 Å². The zero-order valence-corrected chi connectivity index (χ0v) is 18.2. The number of carbonyl (C=O) groups excluding carboxylic acids is 1. The third kappa shape index (κ3) is 3.71. The summed E-state index contributed by atoms with van der Waals surface area (Å²) in [5.41, 5.74) is 11.2. The standard InChI is InChI=1S/C25H21N7O/c1-15(24(26)33)17-11-19-21(12-18(17)25-27-9-6-10-28-25)29-14-30-23(19)20-13-32(2)31-22(20)16-7-4-3-5-8-16/h3-15H,1-2H3,(H2,26,33). The third-order valence-electron chi connectivity index (χ3n) is 5.64. The summed E-state index contributed by atoms with van der Waals surface area (Å²) in [6.45, 7) is 1.78. The van der Waals surface area contributed by atoms with Crippen LogP contribution in [0, 0.1) is 0 Å². The zero-order chi connectivity index (χ0) is 22.9. The van der Waals surface area contributed by atoms with Gasteiger partial charge in [-0.1, -0.05) is 30.3 Å². The van der Waals surface area contributed by atoms with Crippen molar-refractivity contribution in [3.63, 3.8) is 0 Å². The molecule has 3 heterocycles. The van der Waals surface area contributed by atoms with Gasteiger partial charge in [0.15, 0.2) is 5.82 Å². The summed E-state index contributed by atoms with van der Waals surface area (Å²) in [4.78, 5) is 30.0. The van der Waals surface area contributed by atoms with Crippen LogP contribution in [0.15, 0.2) is 73.4 Å². The second-order valence-corrected chi connectivity index (χ2v) is 7.81. The van der Waals surface area contributed by atoms with Gasteiger partial charge in [-0.25, -0.2) is 19.9 Å². The van der Waals surface area contributed by atoms with Gasteiger partial charge in [-0.3, -0.25) is 9.48 Å². The summed E-state index contributed by atoms with van der Waals surface area (Å²) < 4.78 is 1.77. The van der Waals surface area contributed by atoms with E-state index in [0.717, 1.165) is 33.5 Å². The minimum Gasteiger partial charge on any atom is -0.369 e. The van der Waals surface area contributed by atoms with Crippen LogP contribution in [0.25, 0.3) is 44.8 Å². The summed E-state index contributed by atoms with van der Waals surface area (Å²) in [5, 5.41) is 5.47. The molecular formula is C25H21N7O. The predicted octanol–water partition coefficient (Wildman–Crippen LogP) is 3.74. The number of amides is 1. The van der Waals surface area contributed by atoms with E-state index in [2.05, 4.69) is 25.0 Å². The van der Waals surface area contributed by atoms with Crippen molar-refractivity contribution in [1.82, 2.24) is 29.7 Å². The number of aryl methyl sites for hydroxylation is 1. The highest BCUT2D eigenvalue weighted by molar-refractivity contribution is 5.99. The number of carbonyl (C=O) groups is 1. The second kappa shape index (κ2) is 8.23. The highest BCUT2D eigenvalue weighted by Crippen LogP contribution is 2.37. The van der Waals surface area contributed by atoms with Gasteiger partial charge < -0.3 is 5.73 Å². The molecule has 0 fully saturated rings. The molecule has 2 aromatic carbocycles. The summed E-state index contributed by atoms with van der Waals surface area (Å²) >= 11 is 0. The Morgan fingerprint density at radius 3 is 2.42 bits per heavy atom. The fraction of sp³-hybridized carbons (Fsp3) is 0.120. The average molecular weight is 435 g/mol. The molecule has 0 aliphatic rings. The van der Waals surface area contributed by atoms with Crippen LogP contribution in [0.2, 0.25) is 0 Å². The van der Waals surface area contributed by atoms with E-state index in [0.29, 0.717) is 16.9 Å². The van der Waals surface area contributed by atoms with Crippen LogP contribution in [0.5, 0.6) is 0 Å². The van der Waals surface area contributed by atoms with E-state index in [1.807, 2.05) is 55.7 Å². The van der Waals surface area contributed by atoms with Crippen molar-refractivity contribution in [2.45, 2.75) is 12.8 Å². The van der Waals surface area contributed by atoms with Gasteiger partial charge in [0.2, 0.25) is 5.91 Å². The fourth-order valence-electron chi connectivity index (χ4n) is 3.95. The minimum atomic E-state index is -0.552. The van der Waals surface area contributed by atoms with Gasteiger partial charge in [-0.2, -0.15) is 5.10 Å². The lowest BCUT2D eigenvalue weighted by Crippen LogP contribution is -2.19. The lowest BCUT2D eigenvalue weighted by atomic mass is 9.91. The second-order valence-electron chi connectivity index (χ2n) is 7.81. The van der Waals surface area contributed by atoms with Crippen LogP contribution >= 0.6 is 0 Å². The third-order valence-corrected chi connectivity index (χ3v) is 5.64. The first-order valence-corrected chi connectivity index (χ1v) is 10.5. The number of hydrogen-bond donors (Lipinski definition) is 1. The Balaban J connectivity index is 1.79. The lowest BCUT2D eigenvalue weighted by Gasteiger charge is -2.15. The van der Waals surface area contributed by atoms with Crippen molar-refractivity contribution in [1.29, 1.82) is 0 Å². The normalized spacial score (nSPS) is 12.1. The Morgan fingerprint density at radius 1 is 0.939 bits per heavy atom. The maximum atomic E-state index is 12.2. The quantitative estimate of drug-likeness (QED) is 0.450. The van der Waals surface area contributed by atoms with Gasteiger partial charge in [0.25, 0.3) is 0 Å². The molecule has 0 spiro atoms. The molecule has 1 amide bonds. The Hall–Kier alpha value is -4.46. The zero-order valence-electron chi connectivity index (χ0n) is 18.2. The van der Waals surface area contributed by atoms with E-state index in [1.165, 1.54) is 6.33 Å². The Kier molecular flexibility index (Phi) is 5.10. The van der Waals surface area contributed by atoms with Gasteiger partial charge in [0, 0.05) is 47.7 Å². The van der Waals surface area contributed by atoms with E-state index >= 15 is 0 Å². The number of aromatic nitrogens is 6. The fourth-order valence-corrected chi connectivity index (χ4v) is 3.95. The molecule has 0 aliphatic carbocycles. The SMILES string of the molecule is CC(C(N)=O)c1cc2c(-c3cn(C)nc3-c3ccccc3)ncnc2cc1-c1ncccn1.